The molecule has 1 heterocycles. The highest BCUT2D eigenvalue weighted by molar-refractivity contribution is 5.78. The highest BCUT2D eigenvalue weighted by atomic mass is 16.7. The molecule has 1 aliphatic heterocycles. The molecular formula is C16H26O3. The van der Waals surface area contributed by atoms with Crippen molar-refractivity contribution >= 4 is 5.78 Å². The van der Waals surface area contributed by atoms with Gasteiger partial charge in [-0.2, -0.15) is 0 Å². The van der Waals surface area contributed by atoms with Crippen LogP contribution in [0.1, 0.15) is 59.3 Å². The molecule has 0 aromatic rings. The van der Waals surface area contributed by atoms with Crippen LogP contribution in [-0.2, 0) is 14.3 Å². The van der Waals surface area contributed by atoms with Crippen molar-refractivity contribution in [3.63, 3.8) is 0 Å². The van der Waals surface area contributed by atoms with Gasteiger partial charge >= 0.3 is 0 Å². The summed E-state index contributed by atoms with van der Waals surface area (Å²) in [7, 11) is 0. The summed E-state index contributed by atoms with van der Waals surface area (Å²) in [5, 5.41) is 0. The molecule has 0 amide bonds. The standard InChI is InChI=1S/C16H26O3/c1-4-8-12-11-13(17)9-6-5-7-10-14-15(12)19-16(2,3)18-14/h7,10,12,14-15H,4-6,8-9,11H2,1-3H3/b10-7+/t12-,14+,15-/m0/s1. The zero-order chi connectivity index (χ0) is 13.9. The fraction of sp³-hybridized carbons (Fsp3) is 0.812. The topological polar surface area (TPSA) is 35.5 Å². The molecule has 19 heavy (non-hydrogen) atoms. The predicted octanol–water partition coefficient (Wildman–Crippen LogP) is 3.62. The number of carbonyl (C=O) groups excluding carboxylic acids is 1. The molecule has 1 fully saturated rings. The molecule has 0 unspecified atom stereocenters. The van der Waals surface area contributed by atoms with Crippen LogP contribution < -0.4 is 0 Å². The highest BCUT2D eigenvalue weighted by Crippen LogP contribution is 2.36. The van der Waals surface area contributed by atoms with Crippen molar-refractivity contribution in [2.45, 2.75) is 77.3 Å². The van der Waals surface area contributed by atoms with E-state index in [9.17, 15) is 4.79 Å². The number of hydrogen-bond acceptors (Lipinski definition) is 3. The summed E-state index contributed by atoms with van der Waals surface area (Å²) in [5.41, 5.74) is 0. The van der Waals surface area contributed by atoms with Crippen LogP contribution >= 0.6 is 0 Å². The van der Waals surface area contributed by atoms with Gasteiger partial charge in [-0.1, -0.05) is 25.5 Å². The Morgan fingerprint density at radius 2 is 2.16 bits per heavy atom. The van der Waals surface area contributed by atoms with Crippen LogP contribution in [0.2, 0.25) is 0 Å². The minimum atomic E-state index is -0.539. The number of fused-ring (bicyclic) bond motifs is 1. The van der Waals surface area contributed by atoms with Crippen molar-refractivity contribution in [1.82, 2.24) is 0 Å². The lowest BCUT2D eigenvalue weighted by molar-refractivity contribution is -0.149. The minimum absolute atomic E-state index is 0.00236. The van der Waals surface area contributed by atoms with E-state index in [1.807, 2.05) is 13.8 Å². The summed E-state index contributed by atoms with van der Waals surface area (Å²) in [6.07, 6.45) is 9.66. The third kappa shape index (κ3) is 3.90. The molecule has 3 nitrogen and oxygen atoms in total. The molecule has 1 aliphatic carbocycles. The van der Waals surface area contributed by atoms with Gasteiger partial charge in [0.15, 0.2) is 5.79 Å². The van der Waals surface area contributed by atoms with Gasteiger partial charge in [-0.25, -0.2) is 0 Å². The van der Waals surface area contributed by atoms with Crippen LogP contribution in [0.15, 0.2) is 12.2 Å². The van der Waals surface area contributed by atoms with Crippen molar-refractivity contribution in [2.75, 3.05) is 0 Å². The normalized spacial score (nSPS) is 36.8. The lowest BCUT2D eigenvalue weighted by Crippen LogP contribution is -2.32. The number of Topliss-reactive ketones (excluding diaryl/α,β-unsaturated/α-hetero) is 1. The van der Waals surface area contributed by atoms with Crippen LogP contribution in [0.25, 0.3) is 0 Å². The molecule has 0 spiro atoms. The summed E-state index contributed by atoms with van der Waals surface area (Å²) in [5.74, 6) is 0.121. The molecule has 3 atom stereocenters. The summed E-state index contributed by atoms with van der Waals surface area (Å²) in [6.45, 7) is 6.08. The van der Waals surface area contributed by atoms with E-state index < -0.39 is 5.79 Å². The van der Waals surface area contributed by atoms with Crippen molar-refractivity contribution < 1.29 is 14.3 Å². The molecule has 3 heteroatoms. The first kappa shape index (κ1) is 14.7. The number of ketones is 1. The Morgan fingerprint density at radius 1 is 1.37 bits per heavy atom. The maximum atomic E-state index is 12.0. The molecule has 0 aromatic carbocycles. The van der Waals surface area contributed by atoms with Gasteiger partial charge < -0.3 is 9.47 Å². The summed E-state index contributed by atoms with van der Waals surface area (Å²) < 4.78 is 12.0. The van der Waals surface area contributed by atoms with Crippen molar-refractivity contribution in [3.8, 4) is 0 Å². The fourth-order valence-corrected chi connectivity index (χ4v) is 3.13. The first-order valence-electron chi connectivity index (χ1n) is 7.56. The Balaban J connectivity index is 2.19. The lowest BCUT2D eigenvalue weighted by atomic mass is 9.86. The van der Waals surface area contributed by atoms with Gasteiger partial charge in [0.25, 0.3) is 0 Å². The second-order valence-electron chi connectivity index (χ2n) is 6.18. The molecule has 2 aliphatic rings. The van der Waals surface area contributed by atoms with Crippen molar-refractivity contribution in [2.24, 2.45) is 5.92 Å². The molecular weight excluding hydrogens is 240 g/mol. The zero-order valence-electron chi connectivity index (χ0n) is 12.4. The smallest absolute Gasteiger partial charge is 0.164 e. The van der Waals surface area contributed by atoms with Crippen LogP contribution in [0.4, 0.5) is 0 Å². The van der Waals surface area contributed by atoms with Crippen molar-refractivity contribution in [3.05, 3.63) is 12.2 Å². The first-order valence-corrected chi connectivity index (χ1v) is 7.56. The summed E-state index contributed by atoms with van der Waals surface area (Å²) >= 11 is 0. The second kappa shape index (κ2) is 6.19. The van der Waals surface area contributed by atoms with Crippen LogP contribution in [-0.4, -0.2) is 23.8 Å². The fourth-order valence-electron chi connectivity index (χ4n) is 3.13. The van der Waals surface area contributed by atoms with Gasteiger partial charge in [-0.3, -0.25) is 4.79 Å². The Hall–Kier alpha value is -0.670. The van der Waals surface area contributed by atoms with Crippen LogP contribution in [0.3, 0.4) is 0 Å². The molecule has 0 saturated carbocycles. The Bertz CT molecular complexity index is 346. The maximum absolute atomic E-state index is 12.0. The molecule has 0 bridgehead atoms. The highest BCUT2D eigenvalue weighted by Gasteiger charge is 2.43. The Labute approximate surface area is 116 Å². The van der Waals surface area contributed by atoms with E-state index in [4.69, 9.17) is 9.47 Å². The third-order valence-electron chi connectivity index (χ3n) is 3.93. The second-order valence-corrected chi connectivity index (χ2v) is 6.18. The Kier molecular flexibility index (Phi) is 4.80. The van der Waals surface area contributed by atoms with E-state index in [1.54, 1.807) is 0 Å². The van der Waals surface area contributed by atoms with E-state index >= 15 is 0 Å². The average molecular weight is 266 g/mol. The van der Waals surface area contributed by atoms with Gasteiger partial charge in [-0.05, 0) is 39.0 Å². The van der Waals surface area contributed by atoms with Crippen molar-refractivity contribution in [1.29, 1.82) is 0 Å². The van der Waals surface area contributed by atoms with E-state index in [2.05, 4.69) is 19.1 Å². The van der Waals surface area contributed by atoms with E-state index in [1.165, 1.54) is 0 Å². The van der Waals surface area contributed by atoms with Crippen LogP contribution in [0.5, 0.6) is 0 Å². The molecule has 108 valence electrons. The van der Waals surface area contributed by atoms with E-state index in [0.717, 1.165) is 25.7 Å². The Morgan fingerprint density at radius 3 is 2.89 bits per heavy atom. The molecule has 0 radical (unpaired) electrons. The zero-order valence-corrected chi connectivity index (χ0v) is 12.4. The molecule has 0 N–H and O–H groups in total. The summed E-state index contributed by atoms with van der Waals surface area (Å²) in [4.78, 5) is 12.0. The van der Waals surface area contributed by atoms with Crippen LogP contribution in [0, 0.1) is 5.92 Å². The number of ether oxygens (including phenoxy) is 2. The van der Waals surface area contributed by atoms with Gasteiger partial charge in [0, 0.05) is 12.8 Å². The van der Waals surface area contributed by atoms with Gasteiger partial charge in [0.1, 0.15) is 11.9 Å². The number of carbonyl (C=O) groups is 1. The molecule has 0 aromatic heterocycles. The molecule has 1 saturated heterocycles. The number of allylic oxidation sites excluding steroid dienone is 1. The van der Waals surface area contributed by atoms with Gasteiger partial charge in [-0.15, -0.1) is 0 Å². The lowest BCUT2D eigenvalue weighted by Gasteiger charge is -2.25. The number of hydrogen-bond donors (Lipinski definition) is 0. The third-order valence-corrected chi connectivity index (χ3v) is 3.93. The maximum Gasteiger partial charge on any atom is 0.164 e. The van der Waals surface area contributed by atoms with Gasteiger partial charge in [0.05, 0.1) is 6.10 Å². The van der Waals surface area contributed by atoms with E-state index in [0.29, 0.717) is 18.6 Å². The monoisotopic (exact) mass is 266 g/mol. The quantitative estimate of drug-likeness (QED) is 0.716. The molecule has 2 rings (SSSR count). The predicted molar refractivity (Wildman–Crippen MR) is 74.8 cm³/mol. The van der Waals surface area contributed by atoms with Gasteiger partial charge in [0.2, 0.25) is 0 Å². The minimum Gasteiger partial charge on any atom is -0.344 e. The SMILES string of the molecule is CCC[C@H]1CC(=O)CCC/C=C/[C@H]2OC(C)(C)O[C@@H]12. The number of rotatable bonds is 2. The average Bonchev–Trinajstić information content (AvgIpc) is 2.63. The largest absolute Gasteiger partial charge is 0.344 e. The first-order chi connectivity index (χ1) is 9.02. The summed E-state index contributed by atoms with van der Waals surface area (Å²) in [6, 6.07) is 0. The van der Waals surface area contributed by atoms with E-state index in [-0.39, 0.29) is 18.1 Å².